The Morgan fingerprint density at radius 3 is 2.48 bits per heavy atom. The van der Waals surface area contributed by atoms with E-state index in [1.807, 2.05) is 6.92 Å². The molecule has 2 aromatic carbocycles. The lowest BCUT2D eigenvalue weighted by molar-refractivity contribution is -0.137. The monoisotopic (exact) mass is 369 g/mol. The number of halogens is 4. The Balaban J connectivity index is 1.80. The average molecular weight is 369 g/mol. The second kappa shape index (κ2) is 7.05. The molecule has 0 aliphatic heterocycles. The number of nitrogens with zero attached hydrogens (tertiary/aromatic N) is 2. The van der Waals surface area contributed by atoms with Crippen molar-refractivity contribution < 1.29 is 17.6 Å². The van der Waals surface area contributed by atoms with Gasteiger partial charge in [0.25, 0.3) is 0 Å². The smallest absolute Gasteiger partial charge is 0.327 e. The van der Waals surface area contributed by atoms with Gasteiger partial charge in [0.05, 0.1) is 23.1 Å². The van der Waals surface area contributed by atoms with Crippen LogP contribution in [-0.4, -0.2) is 9.55 Å². The molecule has 0 aliphatic rings. The molecule has 0 spiro atoms. The van der Waals surface area contributed by atoms with Crippen LogP contribution in [0.4, 0.5) is 17.6 Å². The Kier molecular flexibility index (Phi) is 5.01. The predicted molar refractivity (Wildman–Crippen MR) is 89.5 cm³/mol. The van der Waals surface area contributed by atoms with Crippen molar-refractivity contribution in [3.05, 3.63) is 59.7 Å². The van der Waals surface area contributed by atoms with Crippen LogP contribution in [0.15, 0.2) is 47.4 Å². The zero-order valence-corrected chi connectivity index (χ0v) is 14.1. The van der Waals surface area contributed by atoms with Crippen LogP contribution < -0.4 is 4.72 Å². The normalized spacial score (nSPS) is 12.0. The minimum Gasteiger partial charge on any atom is -0.327 e. The van der Waals surface area contributed by atoms with Crippen molar-refractivity contribution in [1.29, 1.82) is 0 Å². The molecule has 3 aromatic rings. The zero-order chi connectivity index (χ0) is 18.0. The molecular formula is C17H15F4N3S. The summed E-state index contributed by atoms with van der Waals surface area (Å²) in [6.07, 6.45) is -4.38. The van der Waals surface area contributed by atoms with Gasteiger partial charge in [0.1, 0.15) is 11.6 Å². The molecule has 8 heteroatoms. The van der Waals surface area contributed by atoms with Gasteiger partial charge in [0.2, 0.25) is 0 Å². The summed E-state index contributed by atoms with van der Waals surface area (Å²) in [7, 11) is 0. The van der Waals surface area contributed by atoms with E-state index < -0.39 is 11.7 Å². The Labute approximate surface area is 146 Å². The number of fused-ring (bicyclic) bond motifs is 1. The number of nitrogens with one attached hydrogen (secondary N) is 1. The number of hydrogen-bond donors (Lipinski definition) is 1. The Hall–Kier alpha value is -2.06. The molecule has 25 heavy (non-hydrogen) atoms. The maximum atomic E-state index is 12.9. The summed E-state index contributed by atoms with van der Waals surface area (Å²) in [6.45, 7) is 2.74. The summed E-state index contributed by atoms with van der Waals surface area (Å²) in [5.41, 5.74) is 0.300. The first-order chi connectivity index (χ1) is 11.9. The molecule has 0 radical (unpaired) electrons. The largest absolute Gasteiger partial charge is 0.416 e. The maximum absolute atomic E-state index is 12.9. The molecule has 0 bridgehead atoms. The van der Waals surface area contributed by atoms with Gasteiger partial charge < -0.3 is 4.57 Å². The summed E-state index contributed by atoms with van der Waals surface area (Å²) in [4.78, 5) is 5.25. The van der Waals surface area contributed by atoms with E-state index in [4.69, 9.17) is 0 Å². The SMILES string of the molecule is CCn1c(CNSc2ccc(F)cc2)nc2ccc(C(F)(F)F)cc21. The second-order valence-corrected chi connectivity index (χ2v) is 6.31. The van der Waals surface area contributed by atoms with Gasteiger partial charge in [-0.1, -0.05) is 0 Å². The van der Waals surface area contributed by atoms with E-state index in [-0.39, 0.29) is 5.82 Å². The number of aromatic nitrogens is 2. The van der Waals surface area contributed by atoms with E-state index >= 15 is 0 Å². The van der Waals surface area contributed by atoms with Gasteiger partial charge in [0, 0.05) is 11.4 Å². The first kappa shape index (κ1) is 17.8. The van der Waals surface area contributed by atoms with Crippen LogP contribution in [-0.2, 0) is 19.3 Å². The van der Waals surface area contributed by atoms with E-state index in [1.54, 1.807) is 16.7 Å². The molecule has 0 atom stereocenters. The van der Waals surface area contributed by atoms with Gasteiger partial charge in [-0.25, -0.2) is 9.37 Å². The van der Waals surface area contributed by atoms with Gasteiger partial charge >= 0.3 is 6.18 Å². The Bertz CT molecular complexity index is 872. The van der Waals surface area contributed by atoms with Crippen LogP contribution in [0.5, 0.6) is 0 Å². The molecule has 0 fully saturated rings. The highest BCUT2D eigenvalue weighted by molar-refractivity contribution is 7.97. The van der Waals surface area contributed by atoms with E-state index in [9.17, 15) is 17.6 Å². The molecule has 3 nitrogen and oxygen atoms in total. The molecule has 0 saturated carbocycles. The standard InChI is InChI=1S/C17H15F4N3S/c1-2-24-15-9-11(17(19,20)21)3-8-14(15)23-16(24)10-22-25-13-6-4-12(18)5-7-13/h3-9,22H,2,10H2,1H3. The van der Waals surface area contributed by atoms with Gasteiger partial charge in [-0.15, -0.1) is 0 Å². The summed E-state index contributed by atoms with van der Waals surface area (Å²) >= 11 is 1.31. The summed E-state index contributed by atoms with van der Waals surface area (Å²) < 4.78 is 56.5. The van der Waals surface area contributed by atoms with Crippen molar-refractivity contribution in [2.45, 2.75) is 31.1 Å². The van der Waals surface area contributed by atoms with Crippen LogP contribution in [0, 0.1) is 5.82 Å². The fraction of sp³-hybridized carbons (Fsp3) is 0.235. The van der Waals surface area contributed by atoms with Crippen LogP contribution in [0.1, 0.15) is 18.3 Å². The minimum atomic E-state index is -4.38. The number of imidazole rings is 1. The number of aryl methyl sites for hydroxylation is 1. The third kappa shape index (κ3) is 3.96. The summed E-state index contributed by atoms with van der Waals surface area (Å²) in [5.74, 6) is 0.337. The highest BCUT2D eigenvalue weighted by Gasteiger charge is 2.31. The number of hydrogen-bond acceptors (Lipinski definition) is 3. The van der Waals surface area contributed by atoms with Crippen molar-refractivity contribution in [3.8, 4) is 0 Å². The van der Waals surface area contributed by atoms with Crippen LogP contribution in [0.2, 0.25) is 0 Å². The van der Waals surface area contributed by atoms with Crippen LogP contribution in [0.3, 0.4) is 0 Å². The molecule has 132 valence electrons. The van der Waals surface area contributed by atoms with E-state index in [1.165, 1.54) is 30.1 Å². The molecule has 1 aromatic heterocycles. The van der Waals surface area contributed by atoms with E-state index in [0.29, 0.717) is 29.9 Å². The third-order valence-electron chi connectivity index (χ3n) is 3.70. The molecular weight excluding hydrogens is 354 g/mol. The number of rotatable bonds is 5. The predicted octanol–water partition coefficient (Wildman–Crippen LogP) is 5.01. The lowest BCUT2D eigenvalue weighted by Gasteiger charge is -2.09. The fourth-order valence-corrected chi connectivity index (χ4v) is 3.16. The Morgan fingerprint density at radius 1 is 1.12 bits per heavy atom. The first-order valence-electron chi connectivity index (χ1n) is 7.60. The van der Waals surface area contributed by atoms with Crippen molar-refractivity contribution in [3.63, 3.8) is 0 Å². The molecule has 0 amide bonds. The fourth-order valence-electron chi connectivity index (χ4n) is 2.52. The van der Waals surface area contributed by atoms with Crippen molar-refractivity contribution in [2.24, 2.45) is 0 Å². The van der Waals surface area contributed by atoms with Gasteiger partial charge in [-0.3, -0.25) is 4.72 Å². The topological polar surface area (TPSA) is 29.9 Å². The summed E-state index contributed by atoms with van der Waals surface area (Å²) in [6, 6.07) is 9.58. The van der Waals surface area contributed by atoms with Crippen molar-refractivity contribution >= 4 is 23.0 Å². The van der Waals surface area contributed by atoms with Crippen molar-refractivity contribution in [2.75, 3.05) is 0 Å². The molecule has 1 heterocycles. The molecule has 1 N–H and O–H groups in total. The van der Waals surface area contributed by atoms with E-state index in [0.717, 1.165) is 17.0 Å². The van der Waals surface area contributed by atoms with Crippen LogP contribution in [0.25, 0.3) is 11.0 Å². The number of alkyl halides is 3. The lowest BCUT2D eigenvalue weighted by atomic mass is 10.2. The highest BCUT2D eigenvalue weighted by atomic mass is 32.2. The molecule has 0 aliphatic carbocycles. The number of benzene rings is 2. The zero-order valence-electron chi connectivity index (χ0n) is 13.3. The highest BCUT2D eigenvalue weighted by Crippen LogP contribution is 2.31. The Morgan fingerprint density at radius 2 is 1.84 bits per heavy atom. The van der Waals surface area contributed by atoms with Gasteiger partial charge in [0.15, 0.2) is 0 Å². The second-order valence-electron chi connectivity index (χ2n) is 5.35. The van der Waals surface area contributed by atoms with Gasteiger partial charge in [-0.05, 0) is 61.3 Å². The minimum absolute atomic E-state index is 0.308. The lowest BCUT2D eigenvalue weighted by Crippen LogP contribution is -2.10. The van der Waals surface area contributed by atoms with E-state index in [2.05, 4.69) is 9.71 Å². The average Bonchev–Trinajstić information content (AvgIpc) is 2.92. The maximum Gasteiger partial charge on any atom is 0.416 e. The van der Waals surface area contributed by atoms with Crippen molar-refractivity contribution in [1.82, 2.24) is 14.3 Å². The quantitative estimate of drug-likeness (QED) is 0.506. The third-order valence-corrected chi connectivity index (χ3v) is 4.50. The van der Waals surface area contributed by atoms with Crippen LogP contribution >= 0.6 is 11.9 Å². The molecule has 0 unspecified atom stereocenters. The van der Waals surface area contributed by atoms with Gasteiger partial charge in [-0.2, -0.15) is 13.2 Å². The molecule has 3 rings (SSSR count). The first-order valence-corrected chi connectivity index (χ1v) is 8.41. The summed E-state index contributed by atoms with van der Waals surface area (Å²) in [5, 5.41) is 0. The molecule has 0 saturated heterocycles.